The lowest BCUT2D eigenvalue weighted by Gasteiger charge is -2.42. The molecule has 1 atom stereocenters. The number of piperidine rings is 1. The standard InChI is InChI=1S/C16H32N2O2/c1-7-15(4)8-10-18(11-9-15)12-16(5,14(19)20-6)17-13(2)3/h13,17H,7-12H2,1-6H3. The lowest BCUT2D eigenvalue weighted by atomic mass is 9.78. The van der Waals surface area contributed by atoms with Gasteiger partial charge in [-0.25, -0.2) is 0 Å². The maximum atomic E-state index is 12.1. The van der Waals surface area contributed by atoms with Gasteiger partial charge in [-0.15, -0.1) is 0 Å². The second-order valence-electron chi connectivity index (χ2n) is 7.06. The van der Waals surface area contributed by atoms with Crippen molar-refractivity contribution >= 4 is 5.97 Å². The minimum absolute atomic E-state index is 0.171. The molecule has 1 heterocycles. The maximum Gasteiger partial charge on any atom is 0.327 e. The van der Waals surface area contributed by atoms with E-state index in [0.29, 0.717) is 5.41 Å². The number of hydrogen-bond donors (Lipinski definition) is 1. The van der Waals surface area contributed by atoms with Gasteiger partial charge in [0.15, 0.2) is 0 Å². The van der Waals surface area contributed by atoms with E-state index in [9.17, 15) is 4.79 Å². The Morgan fingerprint density at radius 3 is 2.35 bits per heavy atom. The van der Waals surface area contributed by atoms with Gasteiger partial charge >= 0.3 is 5.97 Å². The van der Waals surface area contributed by atoms with Crippen molar-refractivity contribution in [3.05, 3.63) is 0 Å². The third kappa shape index (κ3) is 4.45. The largest absolute Gasteiger partial charge is 0.468 e. The van der Waals surface area contributed by atoms with E-state index in [1.54, 1.807) is 0 Å². The summed E-state index contributed by atoms with van der Waals surface area (Å²) < 4.78 is 4.99. The van der Waals surface area contributed by atoms with E-state index in [1.165, 1.54) is 26.4 Å². The first-order valence-electron chi connectivity index (χ1n) is 7.83. The highest BCUT2D eigenvalue weighted by Crippen LogP contribution is 2.34. The summed E-state index contributed by atoms with van der Waals surface area (Å²) in [6.07, 6.45) is 3.66. The molecule has 4 nitrogen and oxygen atoms in total. The van der Waals surface area contributed by atoms with E-state index in [4.69, 9.17) is 4.74 Å². The molecular weight excluding hydrogens is 252 g/mol. The van der Waals surface area contributed by atoms with Crippen LogP contribution in [0.15, 0.2) is 0 Å². The highest BCUT2D eigenvalue weighted by atomic mass is 16.5. The number of nitrogens with zero attached hydrogens (tertiary/aromatic N) is 1. The molecule has 1 N–H and O–H groups in total. The third-order valence-corrected chi connectivity index (χ3v) is 4.70. The fourth-order valence-corrected chi connectivity index (χ4v) is 3.08. The highest BCUT2D eigenvalue weighted by Gasteiger charge is 2.38. The summed E-state index contributed by atoms with van der Waals surface area (Å²) in [5.41, 5.74) is -0.146. The predicted octanol–water partition coefficient (Wildman–Crippen LogP) is 2.43. The molecule has 1 fully saturated rings. The summed E-state index contributed by atoms with van der Waals surface area (Å²) in [5, 5.41) is 3.37. The summed E-state index contributed by atoms with van der Waals surface area (Å²) >= 11 is 0. The summed E-state index contributed by atoms with van der Waals surface area (Å²) in [6, 6.07) is 0.254. The Kier molecular flexibility index (Phi) is 6.02. The molecule has 0 spiro atoms. The van der Waals surface area contributed by atoms with E-state index in [0.717, 1.165) is 19.6 Å². The van der Waals surface area contributed by atoms with E-state index < -0.39 is 5.54 Å². The average Bonchev–Trinajstić information content (AvgIpc) is 2.40. The third-order valence-electron chi connectivity index (χ3n) is 4.70. The zero-order valence-electron chi connectivity index (χ0n) is 14.1. The fraction of sp³-hybridized carbons (Fsp3) is 0.938. The minimum atomic E-state index is -0.622. The summed E-state index contributed by atoms with van der Waals surface area (Å²) in [4.78, 5) is 14.5. The van der Waals surface area contributed by atoms with Crippen LogP contribution in [0.3, 0.4) is 0 Å². The van der Waals surface area contributed by atoms with Crippen LogP contribution >= 0.6 is 0 Å². The first kappa shape index (κ1) is 17.4. The molecule has 118 valence electrons. The molecule has 0 aromatic heterocycles. The quantitative estimate of drug-likeness (QED) is 0.761. The second kappa shape index (κ2) is 6.90. The number of likely N-dealkylation sites (tertiary alicyclic amines) is 1. The zero-order valence-corrected chi connectivity index (χ0v) is 14.1. The minimum Gasteiger partial charge on any atom is -0.468 e. The van der Waals surface area contributed by atoms with Crippen molar-refractivity contribution in [1.29, 1.82) is 0 Å². The molecule has 1 rings (SSSR count). The van der Waals surface area contributed by atoms with Gasteiger partial charge in [0.2, 0.25) is 0 Å². The average molecular weight is 284 g/mol. The Balaban J connectivity index is 2.65. The molecule has 0 saturated carbocycles. The van der Waals surface area contributed by atoms with Gasteiger partial charge < -0.3 is 9.64 Å². The van der Waals surface area contributed by atoms with Crippen LogP contribution in [-0.2, 0) is 9.53 Å². The number of carbonyl (C=O) groups excluding carboxylic acids is 1. The monoisotopic (exact) mass is 284 g/mol. The Bertz CT molecular complexity index is 322. The van der Waals surface area contributed by atoms with E-state index >= 15 is 0 Å². The van der Waals surface area contributed by atoms with E-state index in [1.807, 2.05) is 6.92 Å². The molecule has 0 aliphatic carbocycles. The van der Waals surface area contributed by atoms with Crippen LogP contribution in [0, 0.1) is 5.41 Å². The zero-order chi connectivity index (χ0) is 15.4. The normalized spacial score (nSPS) is 22.6. The number of carbonyl (C=O) groups is 1. The molecule has 1 aliphatic rings. The van der Waals surface area contributed by atoms with E-state index in [-0.39, 0.29) is 12.0 Å². The molecule has 0 aromatic rings. The van der Waals surface area contributed by atoms with Crippen LogP contribution in [0.4, 0.5) is 0 Å². The number of nitrogens with one attached hydrogen (secondary N) is 1. The van der Waals surface area contributed by atoms with E-state index in [2.05, 4.69) is 37.9 Å². The maximum absolute atomic E-state index is 12.1. The summed E-state index contributed by atoms with van der Waals surface area (Å²) in [6.45, 7) is 13.6. The Morgan fingerprint density at radius 2 is 1.95 bits per heavy atom. The van der Waals surface area contributed by atoms with Crippen molar-refractivity contribution in [3.8, 4) is 0 Å². The van der Waals surface area contributed by atoms with Gasteiger partial charge in [0.05, 0.1) is 7.11 Å². The van der Waals surface area contributed by atoms with Crippen LogP contribution < -0.4 is 5.32 Å². The molecule has 0 radical (unpaired) electrons. The predicted molar refractivity (Wildman–Crippen MR) is 82.8 cm³/mol. The lowest BCUT2D eigenvalue weighted by Crippen LogP contribution is -2.60. The van der Waals surface area contributed by atoms with Crippen LogP contribution in [0.25, 0.3) is 0 Å². The summed E-state index contributed by atoms with van der Waals surface area (Å²) in [5.74, 6) is -0.171. The molecule has 1 saturated heterocycles. The van der Waals surface area contributed by atoms with Gasteiger partial charge in [-0.2, -0.15) is 0 Å². The van der Waals surface area contributed by atoms with Gasteiger partial charge in [0.1, 0.15) is 5.54 Å². The van der Waals surface area contributed by atoms with Crippen molar-refractivity contribution in [3.63, 3.8) is 0 Å². The van der Waals surface area contributed by atoms with Crippen molar-refractivity contribution in [1.82, 2.24) is 10.2 Å². The first-order valence-corrected chi connectivity index (χ1v) is 7.83. The smallest absolute Gasteiger partial charge is 0.327 e. The van der Waals surface area contributed by atoms with Crippen LogP contribution in [0.1, 0.15) is 53.9 Å². The number of ether oxygens (including phenoxy) is 1. The van der Waals surface area contributed by atoms with Crippen LogP contribution in [0.2, 0.25) is 0 Å². The van der Waals surface area contributed by atoms with Gasteiger partial charge in [0.25, 0.3) is 0 Å². The number of methoxy groups -OCH3 is 1. The molecule has 0 aromatic carbocycles. The Morgan fingerprint density at radius 1 is 1.40 bits per heavy atom. The van der Waals surface area contributed by atoms with Crippen LogP contribution in [-0.4, -0.2) is 49.2 Å². The van der Waals surface area contributed by atoms with Crippen LogP contribution in [0.5, 0.6) is 0 Å². The molecule has 0 bridgehead atoms. The van der Waals surface area contributed by atoms with Crippen molar-refractivity contribution in [2.75, 3.05) is 26.7 Å². The Labute approximate surface area is 124 Å². The SMILES string of the molecule is CCC1(C)CCN(CC(C)(NC(C)C)C(=O)OC)CC1. The fourth-order valence-electron chi connectivity index (χ4n) is 3.08. The molecule has 20 heavy (non-hydrogen) atoms. The van der Waals surface area contributed by atoms with Gasteiger partial charge in [-0.05, 0) is 52.1 Å². The number of rotatable bonds is 6. The molecule has 1 aliphatic heterocycles. The second-order valence-corrected chi connectivity index (χ2v) is 7.06. The lowest BCUT2D eigenvalue weighted by molar-refractivity contribution is -0.149. The number of hydrogen-bond acceptors (Lipinski definition) is 4. The van der Waals surface area contributed by atoms with Crippen molar-refractivity contribution in [2.45, 2.75) is 65.5 Å². The number of esters is 1. The topological polar surface area (TPSA) is 41.6 Å². The molecular formula is C16H32N2O2. The first-order chi connectivity index (χ1) is 9.24. The van der Waals surface area contributed by atoms with Gasteiger partial charge in [-0.1, -0.05) is 20.3 Å². The van der Waals surface area contributed by atoms with Gasteiger partial charge in [-0.3, -0.25) is 10.1 Å². The summed E-state index contributed by atoms with van der Waals surface area (Å²) in [7, 11) is 1.47. The van der Waals surface area contributed by atoms with Crippen molar-refractivity contribution < 1.29 is 9.53 Å². The van der Waals surface area contributed by atoms with Crippen molar-refractivity contribution in [2.24, 2.45) is 5.41 Å². The molecule has 0 amide bonds. The highest BCUT2D eigenvalue weighted by molar-refractivity contribution is 5.80. The Hall–Kier alpha value is -0.610. The molecule has 1 unspecified atom stereocenters. The molecule has 4 heteroatoms. The van der Waals surface area contributed by atoms with Gasteiger partial charge in [0, 0.05) is 12.6 Å².